The zero-order valence-corrected chi connectivity index (χ0v) is 12.7. The van der Waals surface area contributed by atoms with Crippen LogP contribution in [0.4, 0.5) is 11.4 Å². The SMILES string of the molecule is O=C(c1ccsc1)N1CCN(c2ccccc2[N+](=O)[O-])CC1. The van der Waals surface area contributed by atoms with Gasteiger partial charge < -0.3 is 9.80 Å². The van der Waals surface area contributed by atoms with Crippen LogP contribution in [0.2, 0.25) is 0 Å². The van der Waals surface area contributed by atoms with Crippen LogP contribution in [-0.2, 0) is 0 Å². The molecule has 1 fully saturated rings. The van der Waals surface area contributed by atoms with Gasteiger partial charge in [0.05, 0.1) is 10.5 Å². The van der Waals surface area contributed by atoms with E-state index in [4.69, 9.17) is 0 Å². The van der Waals surface area contributed by atoms with Crippen molar-refractivity contribution in [2.75, 3.05) is 31.1 Å². The van der Waals surface area contributed by atoms with E-state index in [1.807, 2.05) is 21.7 Å². The third-order valence-corrected chi connectivity index (χ3v) is 4.44. The molecule has 1 aromatic carbocycles. The molecule has 1 aliphatic heterocycles. The molecular weight excluding hydrogens is 302 g/mol. The molecule has 0 atom stereocenters. The van der Waals surface area contributed by atoms with Crippen molar-refractivity contribution in [3.05, 3.63) is 56.8 Å². The number of nitro benzene ring substituents is 1. The maximum Gasteiger partial charge on any atom is 0.292 e. The number of carbonyl (C=O) groups is 1. The Balaban J connectivity index is 1.70. The quantitative estimate of drug-likeness (QED) is 0.645. The highest BCUT2D eigenvalue weighted by Gasteiger charge is 2.25. The lowest BCUT2D eigenvalue weighted by Gasteiger charge is -2.35. The molecule has 2 aromatic rings. The summed E-state index contributed by atoms with van der Waals surface area (Å²) in [6.45, 7) is 2.34. The number of nitrogens with zero attached hydrogens (tertiary/aromatic N) is 3. The maximum absolute atomic E-state index is 12.3. The second-order valence-corrected chi connectivity index (χ2v) is 5.82. The number of anilines is 1. The number of hydrogen-bond acceptors (Lipinski definition) is 5. The van der Waals surface area contributed by atoms with Crippen molar-refractivity contribution in [3.8, 4) is 0 Å². The van der Waals surface area contributed by atoms with Gasteiger partial charge in [0.25, 0.3) is 11.6 Å². The van der Waals surface area contributed by atoms with Crippen LogP contribution in [0.3, 0.4) is 0 Å². The van der Waals surface area contributed by atoms with E-state index >= 15 is 0 Å². The first-order valence-electron chi connectivity index (χ1n) is 6.96. The van der Waals surface area contributed by atoms with E-state index in [0.29, 0.717) is 37.4 Å². The van der Waals surface area contributed by atoms with E-state index in [2.05, 4.69) is 0 Å². The highest BCUT2D eigenvalue weighted by Crippen LogP contribution is 2.28. The average Bonchev–Trinajstić information content (AvgIpc) is 3.09. The molecule has 7 heteroatoms. The number of benzene rings is 1. The van der Waals surface area contributed by atoms with Gasteiger partial charge in [0, 0.05) is 37.6 Å². The molecule has 6 nitrogen and oxygen atoms in total. The Morgan fingerprint density at radius 2 is 1.86 bits per heavy atom. The van der Waals surface area contributed by atoms with Crippen LogP contribution >= 0.6 is 11.3 Å². The Morgan fingerprint density at radius 3 is 2.50 bits per heavy atom. The van der Waals surface area contributed by atoms with Crippen molar-refractivity contribution in [1.82, 2.24) is 4.90 Å². The third-order valence-electron chi connectivity index (χ3n) is 3.75. The van der Waals surface area contributed by atoms with Crippen LogP contribution in [-0.4, -0.2) is 41.9 Å². The maximum atomic E-state index is 12.3. The van der Waals surface area contributed by atoms with Crippen LogP contribution in [0.5, 0.6) is 0 Å². The second kappa shape index (κ2) is 6.15. The molecule has 0 N–H and O–H groups in total. The summed E-state index contributed by atoms with van der Waals surface area (Å²) < 4.78 is 0. The molecule has 0 spiro atoms. The fourth-order valence-electron chi connectivity index (χ4n) is 2.61. The van der Waals surface area contributed by atoms with Gasteiger partial charge in [-0.3, -0.25) is 14.9 Å². The fourth-order valence-corrected chi connectivity index (χ4v) is 3.23. The van der Waals surface area contributed by atoms with Crippen molar-refractivity contribution in [2.24, 2.45) is 0 Å². The first-order chi connectivity index (χ1) is 10.7. The van der Waals surface area contributed by atoms with E-state index in [1.54, 1.807) is 23.1 Å². The Bertz CT molecular complexity index is 679. The number of nitro groups is 1. The second-order valence-electron chi connectivity index (χ2n) is 5.04. The molecule has 114 valence electrons. The highest BCUT2D eigenvalue weighted by atomic mass is 32.1. The first-order valence-corrected chi connectivity index (χ1v) is 7.91. The van der Waals surface area contributed by atoms with Gasteiger partial charge in [-0.25, -0.2) is 0 Å². The van der Waals surface area contributed by atoms with Crippen LogP contribution < -0.4 is 4.90 Å². The molecular formula is C15H15N3O3S. The van der Waals surface area contributed by atoms with Gasteiger partial charge in [0.15, 0.2) is 0 Å². The average molecular weight is 317 g/mol. The zero-order valence-electron chi connectivity index (χ0n) is 11.8. The summed E-state index contributed by atoms with van der Waals surface area (Å²) in [6, 6.07) is 8.55. The summed E-state index contributed by atoms with van der Waals surface area (Å²) in [6.07, 6.45) is 0. The lowest BCUT2D eigenvalue weighted by molar-refractivity contribution is -0.384. The standard InChI is InChI=1S/C15H15N3O3S/c19-15(12-5-10-22-11-12)17-8-6-16(7-9-17)13-3-1-2-4-14(13)18(20)21/h1-5,10-11H,6-9H2. The number of hydrogen-bond donors (Lipinski definition) is 0. The third kappa shape index (κ3) is 2.80. The lowest BCUT2D eigenvalue weighted by atomic mass is 10.2. The summed E-state index contributed by atoms with van der Waals surface area (Å²) in [5.74, 6) is 0.0310. The van der Waals surface area contributed by atoms with Gasteiger partial charge >= 0.3 is 0 Å². The largest absolute Gasteiger partial charge is 0.362 e. The predicted molar refractivity (Wildman–Crippen MR) is 85.5 cm³/mol. The molecule has 0 unspecified atom stereocenters. The van der Waals surface area contributed by atoms with Crippen molar-refractivity contribution < 1.29 is 9.72 Å². The van der Waals surface area contributed by atoms with Crippen LogP contribution in [0.25, 0.3) is 0 Å². The molecule has 1 saturated heterocycles. The zero-order chi connectivity index (χ0) is 15.5. The molecule has 0 bridgehead atoms. The molecule has 0 aliphatic carbocycles. The number of piperazine rings is 1. The molecule has 1 aromatic heterocycles. The van der Waals surface area contributed by atoms with Crippen molar-refractivity contribution >= 4 is 28.6 Å². The summed E-state index contributed by atoms with van der Waals surface area (Å²) in [4.78, 5) is 26.8. The van der Waals surface area contributed by atoms with Crippen LogP contribution in [0.1, 0.15) is 10.4 Å². The minimum absolute atomic E-state index is 0.0310. The minimum Gasteiger partial charge on any atom is -0.362 e. The normalized spacial score (nSPS) is 14.9. The van der Waals surface area contributed by atoms with Gasteiger partial charge in [-0.2, -0.15) is 11.3 Å². The van der Waals surface area contributed by atoms with Gasteiger partial charge in [0.1, 0.15) is 5.69 Å². The summed E-state index contributed by atoms with van der Waals surface area (Å²) in [5, 5.41) is 14.8. The summed E-state index contributed by atoms with van der Waals surface area (Å²) in [7, 11) is 0. The van der Waals surface area contributed by atoms with Gasteiger partial charge in [0.2, 0.25) is 0 Å². The Kier molecular flexibility index (Phi) is 4.06. The lowest BCUT2D eigenvalue weighted by Crippen LogP contribution is -2.48. The number of amides is 1. The predicted octanol–water partition coefficient (Wildman–Crippen LogP) is 2.62. The Hall–Kier alpha value is -2.41. The Labute approximate surface area is 131 Å². The van der Waals surface area contributed by atoms with Gasteiger partial charge in [-0.1, -0.05) is 12.1 Å². The fraction of sp³-hybridized carbons (Fsp3) is 0.267. The van der Waals surface area contributed by atoms with E-state index in [9.17, 15) is 14.9 Å². The summed E-state index contributed by atoms with van der Waals surface area (Å²) >= 11 is 1.50. The number of thiophene rings is 1. The number of carbonyl (C=O) groups excluding carboxylic acids is 1. The monoisotopic (exact) mass is 317 g/mol. The molecule has 3 rings (SSSR count). The number of para-hydroxylation sites is 2. The molecule has 22 heavy (non-hydrogen) atoms. The van der Waals surface area contributed by atoms with E-state index < -0.39 is 0 Å². The van der Waals surface area contributed by atoms with Crippen molar-refractivity contribution in [3.63, 3.8) is 0 Å². The van der Waals surface area contributed by atoms with E-state index in [0.717, 1.165) is 0 Å². The molecule has 1 aliphatic rings. The number of rotatable bonds is 3. The van der Waals surface area contributed by atoms with Gasteiger partial charge in [-0.15, -0.1) is 0 Å². The van der Waals surface area contributed by atoms with Gasteiger partial charge in [-0.05, 0) is 17.5 Å². The van der Waals surface area contributed by atoms with Crippen LogP contribution in [0.15, 0.2) is 41.1 Å². The molecule has 0 radical (unpaired) electrons. The topological polar surface area (TPSA) is 66.7 Å². The molecule has 2 heterocycles. The van der Waals surface area contributed by atoms with E-state index in [-0.39, 0.29) is 16.5 Å². The minimum atomic E-state index is -0.363. The molecule has 0 saturated carbocycles. The van der Waals surface area contributed by atoms with Crippen molar-refractivity contribution in [2.45, 2.75) is 0 Å². The summed E-state index contributed by atoms with van der Waals surface area (Å²) in [5.41, 5.74) is 1.44. The highest BCUT2D eigenvalue weighted by molar-refractivity contribution is 7.08. The van der Waals surface area contributed by atoms with Crippen molar-refractivity contribution in [1.29, 1.82) is 0 Å². The smallest absolute Gasteiger partial charge is 0.292 e. The van der Waals surface area contributed by atoms with Crippen LogP contribution in [0, 0.1) is 10.1 Å². The molecule has 1 amide bonds. The van der Waals surface area contributed by atoms with E-state index in [1.165, 1.54) is 17.4 Å². The Morgan fingerprint density at radius 1 is 1.14 bits per heavy atom. The first kappa shape index (κ1) is 14.5.